The van der Waals surface area contributed by atoms with Gasteiger partial charge >= 0.3 is 0 Å². The standard InChI is InChI=1S/C32H40ClN3O4S/c1-7-24(5)34-32(38)29(8-2)35(20-26-13-10-9-12-23(26)4)31(37)21-36(30-15-11-14-28(33)25(30)6)41(39,40)27-18-16-22(3)17-19-27/h9-19,24,29H,7-8,20-21H2,1-6H3,(H,34,38)/t24-,29+/m0/s1. The Balaban J connectivity index is 2.11. The molecule has 0 fully saturated rings. The summed E-state index contributed by atoms with van der Waals surface area (Å²) in [4.78, 5) is 29.2. The quantitative estimate of drug-likeness (QED) is 0.270. The van der Waals surface area contributed by atoms with Crippen molar-refractivity contribution in [2.24, 2.45) is 0 Å². The van der Waals surface area contributed by atoms with Crippen LogP contribution in [0.2, 0.25) is 5.02 Å². The maximum absolute atomic E-state index is 14.2. The number of nitrogens with zero attached hydrogens (tertiary/aromatic N) is 2. The molecular formula is C32H40ClN3O4S. The SMILES string of the molecule is CC[C@H](C(=O)N[C@@H](C)CC)N(Cc1ccccc1C)C(=O)CN(c1cccc(Cl)c1C)S(=O)(=O)c1ccc(C)cc1. The van der Waals surface area contributed by atoms with Gasteiger partial charge in [-0.2, -0.15) is 0 Å². The molecular weight excluding hydrogens is 558 g/mol. The summed E-state index contributed by atoms with van der Waals surface area (Å²) in [7, 11) is -4.17. The molecule has 0 aliphatic heterocycles. The van der Waals surface area contributed by atoms with E-state index in [-0.39, 0.29) is 23.4 Å². The van der Waals surface area contributed by atoms with Gasteiger partial charge in [0.2, 0.25) is 11.8 Å². The summed E-state index contributed by atoms with van der Waals surface area (Å²) in [6.45, 7) is 10.9. The van der Waals surface area contributed by atoms with Gasteiger partial charge in [0.25, 0.3) is 10.0 Å². The van der Waals surface area contributed by atoms with Gasteiger partial charge in [0.05, 0.1) is 10.6 Å². The van der Waals surface area contributed by atoms with E-state index >= 15 is 0 Å². The van der Waals surface area contributed by atoms with Crippen molar-refractivity contribution in [2.75, 3.05) is 10.8 Å². The lowest BCUT2D eigenvalue weighted by Gasteiger charge is -2.34. The predicted octanol–water partition coefficient (Wildman–Crippen LogP) is 6.18. The van der Waals surface area contributed by atoms with E-state index in [2.05, 4.69) is 5.32 Å². The number of carbonyl (C=O) groups is 2. The van der Waals surface area contributed by atoms with Crippen molar-refractivity contribution < 1.29 is 18.0 Å². The van der Waals surface area contributed by atoms with Crippen LogP contribution in [0.15, 0.2) is 71.6 Å². The number of benzene rings is 3. The molecule has 0 aliphatic carbocycles. The third kappa shape index (κ3) is 7.68. The lowest BCUT2D eigenvalue weighted by atomic mass is 10.1. The molecule has 0 saturated carbocycles. The molecule has 0 aromatic heterocycles. The van der Waals surface area contributed by atoms with Crippen molar-refractivity contribution in [1.82, 2.24) is 10.2 Å². The minimum Gasteiger partial charge on any atom is -0.352 e. The van der Waals surface area contributed by atoms with Crippen LogP contribution in [0.4, 0.5) is 5.69 Å². The van der Waals surface area contributed by atoms with Crippen LogP contribution in [0, 0.1) is 20.8 Å². The van der Waals surface area contributed by atoms with E-state index in [1.54, 1.807) is 37.3 Å². The van der Waals surface area contributed by atoms with Gasteiger partial charge < -0.3 is 10.2 Å². The van der Waals surface area contributed by atoms with Crippen LogP contribution in [0.1, 0.15) is 55.9 Å². The molecule has 0 spiro atoms. The summed E-state index contributed by atoms with van der Waals surface area (Å²) >= 11 is 6.41. The maximum atomic E-state index is 14.2. The highest BCUT2D eigenvalue weighted by atomic mass is 35.5. The lowest BCUT2D eigenvalue weighted by Crippen LogP contribution is -2.53. The van der Waals surface area contributed by atoms with Crippen molar-refractivity contribution >= 4 is 39.1 Å². The van der Waals surface area contributed by atoms with Crippen LogP contribution in [0.3, 0.4) is 0 Å². The number of sulfonamides is 1. The molecule has 9 heteroatoms. The molecule has 1 N–H and O–H groups in total. The van der Waals surface area contributed by atoms with Crippen molar-refractivity contribution in [3.63, 3.8) is 0 Å². The van der Waals surface area contributed by atoms with Crippen molar-refractivity contribution in [3.8, 4) is 0 Å². The Labute approximate surface area is 249 Å². The van der Waals surface area contributed by atoms with E-state index in [1.807, 2.05) is 58.9 Å². The molecule has 0 saturated heterocycles. The molecule has 3 rings (SSSR count). The summed E-state index contributed by atoms with van der Waals surface area (Å²) in [5.41, 5.74) is 3.59. The van der Waals surface area contributed by atoms with Crippen LogP contribution >= 0.6 is 11.6 Å². The fourth-order valence-corrected chi connectivity index (χ4v) is 6.19. The number of halogens is 1. The molecule has 2 amide bonds. The van der Waals surface area contributed by atoms with Gasteiger partial charge in [-0.05, 0) is 81.5 Å². The van der Waals surface area contributed by atoms with Crippen molar-refractivity contribution in [3.05, 3.63) is 94.0 Å². The van der Waals surface area contributed by atoms with Crippen LogP contribution in [0.25, 0.3) is 0 Å². The van der Waals surface area contributed by atoms with Crippen LogP contribution < -0.4 is 9.62 Å². The fraction of sp³-hybridized carbons (Fsp3) is 0.375. The summed E-state index contributed by atoms with van der Waals surface area (Å²) in [6, 6.07) is 18.3. The Kier molecular flexibility index (Phi) is 11.0. The molecule has 0 aliphatic rings. The number of hydrogen-bond acceptors (Lipinski definition) is 4. The minimum atomic E-state index is -4.17. The molecule has 2 atom stereocenters. The summed E-state index contributed by atoms with van der Waals surface area (Å²) < 4.78 is 29.2. The zero-order chi connectivity index (χ0) is 30.3. The highest BCUT2D eigenvalue weighted by Crippen LogP contribution is 2.31. The molecule has 3 aromatic rings. The first-order chi connectivity index (χ1) is 19.4. The average molecular weight is 598 g/mol. The Morgan fingerprint density at radius 1 is 0.902 bits per heavy atom. The normalized spacial score (nSPS) is 12.9. The van der Waals surface area contributed by atoms with Crippen LogP contribution in [-0.2, 0) is 26.2 Å². The lowest BCUT2D eigenvalue weighted by molar-refractivity contribution is -0.140. The molecule has 0 unspecified atom stereocenters. The molecule has 3 aromatic carbocycles. The van der Waals surface area contributed by atoms with E-state index in [1.165, 1.54) is 17.0 Å². The Morgan fingerprint density at radius 2 is 1.56 bits per heavy atom. The van der Waals surface area contributed by atoms with E-state index in [0.717, 1.165) is 27.4 Å². The summed E-state index contributed by atoms with van der Waals surface area (Å²) in [5.74, 6) is -0.759. The minimum absolute atomic E-state index is 0.0577. The highest BCUT2D eigenvalue weighted by Gasteiger charge is 2.34. The highest BCUT2D eigenvalue weighted by molar-refractivity contribution is 7.92. The zero-order valence-corrected chi connectivity index (χ0v) is 26.2. The van der Waals surface area contributed by atoms with Gasteiger partial charge in [-0.15, -0.1) is 0 Å². The summed E-state index contributed by atoms with van der Waals surface area (Å²) in [6.07, 6.45) is 1.10. The van der Waals surface area contributed by atoms with Crippen molar-refractivity contribution in [2.45, 2.75) is 77.9 Å². The van der Waals surface area contributed by atoms with E-state index in [9.17, 15) is 18.0 Å². The van der Waals surface area contributed by atoms with E-state index in [4.69, 9.17) is 11.6 Å². The molecule has 0 heterocycles. The smallest absolute Gasteiger partial charge is 0.264 e. The van der Waals surface area contributed by atoms with Crippen LogP contribution in [-0.4, -0.2) is 43.8 Å². The second-order valence-corrected chi connectivity index (χ2v) is 12.7. The van der Waals surface area contributed by atoms with E-state index in [0.29, 0.717) is 22.7 Å². The Bertz CT molecular complexity index is 1470. The van der Waals surface area contributed by atoms with Crippen molar-refractivity contribution in [1.29, 1.82) is 0 Å². The second-order valence-electron chi connectivity index (χ2n) is 10.4. The molecule has 0 bridgehead atoms. The summed E-state index contributed by atoms with van der Waals surface area (Å²) in [5, 5.41) is 3.38. The molecule has 41 heavy (non-hydrogen) atoms. The van der Waals surface area contributed by atoms with Gasteiger partial charge in [-0.3, -0.25) is 13.9 Å². The first-order valence-corrected chi connectivity index (χ1v) is 15.7. The maximum Gasteiger partial charge on any atom is 0.264 e. The van der Waals surface area contributed by atoms with E-state index < -0.39 is 28.5 Å². The number of aryl methyl sites for hydroxylation is 2. The fourth-order valence-electron chi connectivity index (χ4n) is 4.55. The van der Waals surface area contributed by atoms with Gasteiger partial charge in [-0.1, -0.05) is 73.5 Å². The number of hydrogen-bond donors (Lipinski definition) is 1. The molecule has 220 valence electrons. The first-order valence-electron chi connectivity index (χ1n) is 13.9. The molecule has 0 radical (unpaired) electrons. The average Bonchev–Trinajstić information content (AvgIpc) is 2.94. The topological polar surface area (TPSA) is 86.8 Å². The third-order valence-electron chi connectivity index (χ3n) is 7.38. The number of carbonyl (C=O) groups excluding carboxylic acids is 2. The van der Waals surface area contributed by atoms with Gasteiger partial charge in [0.1, 0.15) is 12.6 Å². The molecule has 7 nitrogen and oxygen atoms in total. The second kappa shape index (κ2) is 14.0. The first kappa shape index (κ1) is 32.2. The number of rotatable bonds is 12. The van der Waals surface area contributed by atoms with Gasteiger partial charge in [0, 0.05) is 17.6 Å². The van der Waals surface area contributed by atoms with Crippen LogP contribution in [0.5, 0.6) is 0 Å². The zero-order valence-electron chi connectivity index (χ0n) is 24.6. The van der Waals surface area contributed by atoms with Gasteiger partial charge in [0.15, 0.2) is 0 Å². The number of amides is 2. The third-order valence-corrected chi connectivity index (χ3v) is 9.57. The number of anilines is 1. The monoisotopic (exact) mass is 597 g/mol. The number of nitrogens with one attached hydrogen (secondary N) is 1. The Hall–Kier alpha value is -3.36. The predicted molar refractivity (Wildman–Crippen MR) is 166 cm³/mol. The Morgan fingerprint density at radius 3 is 2.17 bits per heavy atom. The largest absolute Gasteiger partial charge is 0.352 e. The van der Waals surface area contributed by atoms with Gasteiger partial charge in [-0.25, -0.2) is 8.42 Å².